The smallest absolute Gasteiger partial charge is 0.00425 e. The molecular formula is C9H19N. The molecule has 0 spiro atoms. The Labute approximate surface area is 64.3 Å². The van der Waals surface area contributed by atoms with Crippen molar-refractivity contribution in [3.05, 3.63) is 11.6 Å². The summed E-state index contributed by atoms with van der Waals surface area (Å²) in [7, 11) is 0. The molecule has 0 aliphatic rings. The van der Waals surface area contributed by atoms with Gasteiger partial charge in [0.2, 0.25) is 0 Å². The second kappa shape index (κ2) is 5.48. The van der Waals surface area contributed by atoms with Crippen LogP contribution in [0.1, 0.15) is 33.6 Å². The average molecular weight is 141 g/mol. The van der Waals surface area contributed by atoms with E-state index in [-0.39, 0.29) is 0 Å². The first-order chi connectivity index (χ1) is 4.66. The minimum atomic E-state index is 0.772. The predicted molar refractivity (Wildman–Crippen MR) is 46.9 cm³/mol. The number of hydrogen-bond acceptors (Lipinski definition) is 1. The average Bonchev–Trinajstić information content (AvgIpc) is 1.82. The summed E-state index contributed by atoms with van der Waals surface area (Å²) in [6, 6.07) is 0. The van der Waals surface area contributed by atoms with Crippen LogP contribution in [0, 0.1) is 5.92 Å². The summed E-state index contributed by atoms with van der Waals surface area (Å²) in [6.45, 7) is 7.42. The van der Waals surface area contributed by atoms with Crippen LogP contribution >= 0.6 is 0 Å². The SMILES string of the molecule is CC(=CCCN)CC(C)C. The van der Waals surface area contributed by atoms with Crippen molar-refractivity contribution in [2.24, 2.45) is 11.7 Å². The van der Waals surface area contributed by atoms with Gasteiger partial charge >= 0.3 is 0 Å². The van der Waals surface area contributed by atoms with Gasteiger partial charge in [-0.25, -0.2) is 0 Å². The van der Waals surface area contributed by atoms with Gasteiger partial charge < -0.3 is 5.73 Å². The maximum atomic E-state index is 5.36. The molecule has 0 unspecified atom stereocenters. The van der Waals surface area contributed by atoms with Crippen molar-refractivity contribution in [3.63, 3.8) is 0 Å². The van der Waals surface area contributed by atoms with Crippen LogP contribution in [0.15, 0.2) is 11.6 Å². The Balaban J connectivity index is 3.49. The van der Waals surface area contributed by atoms with Gasteiger partial charge in [0.05, 0.1) is 0 Å². The summed E-state index contributed by atoms with van der Waals surface area (Å²) in [4.78, 5) is 0. The van der Waals surface area contributed by atoms with E-state index in [1.807, 2.05) is 0 Å². The number of allylic oxidation sites excluding steroid dienone is 1. The minimum absolute atomic E-state index is 0.772. The summed E-state index contributed by atoms with van der Waals surface area (Å²) in [6.07, 6.45) is 4.47. The first-order valence-corrected chi connectivity index (χ1v) is 4.02. The third-order valence-electron chi connectivity index (χ3n) is 1.39. The largest absolute Gasteiger partial charge is 0.330 e. The highest BCUT2D eigenvalue weighted by Gasteiger charge is 1.93. The van der Waals surface area contributed by atoms with E-state index in [4.69, 9.17) is 5.73 Å². The summed E-state index contributed by atoms with van der Waals surface area (Å²) < 4.78 is 0. The molecule has 10 heavy (non-hydrogen) atoms. The molecule has 0 bridgehead atoms. The minimum Gasteiger partial charge on any atom is -0.330 e. The van der Waals surface area contributed by atoms with Gasteiger partial charge in [-0.3, -0.25) is 0 Å². The van der Waals surface area contributed by atoms with Crippen molar-refractivity contribution >= 4 is 0 Å². The molecule has 1 nitrogen and oxygen atoms in total. The molecule has 0 fully saturated rings. The van der Waals surface area contributed by atoms with Crippen LogP contribution in [-0.4, -0.2) is 6.54 Å². The Morgan fingerprint density at radius 1 is 1.50 bits per heavy atom. The molecule has 0 amide bonds. The van der Waals surface area contributed by atoms with Gasteiger partial charge in [0.15, 0.2) is 0 Å². The van der Waals surface area contributed by atoms with Gasteiger partial charge in [-0.15, -0.1) is 0 Å². The first kappa shape index (κ1) is 9.70. The summed E-state index contributed by atoms with van der Waals surface area (Å²) >= 11 is 0. The third kappa shape index (κ3) is 5.83. The third-order valence-corrected chi connectivity index (χ3v) is 1.39. The van der Waals surface area contributed by atoms with Crippen molar-refractivity contribution in [1.82, 2.24) is 0 Å². The lowest BCUT2D eigenvalue weighted by molar-refractivity contribution is 0.640. The van der Waals surface area contributed by atoms with E-state index in [1.165, 1.54) is 12.0 Å². The number of rotatable bonds is 4. The zero-order chi connectivity index (χ0) is 7.98. The van der Waals surface area contributed by atoms with Crippen molar-refractivity contribution in [1.29, 1.82) is 0 Å². The molecule has 0 atom stereocenters. The Bertz CT molecular complexity index is 103. The monoisotopic (exact) mass is 141 g/mol. The molecule has 0 saturated carbocycles. The van der Waals surface area contributed by atoms with Crippen LogP contribution in [0.25, 0.3) is 0 Å². The summed E-state index contributed by atoms with van der Waals surface area (Å²) in [5, 5.41) is 0. The fourth-order valence-electron chi connectivity index (χ4n) is 1.06. The van der Waals surface area contributed by atoms with Crippen LogP contribution in [-0.2, 0) is 0 Å². The second-order valence-corrected chi connectivity index (χ2v) is 3.23. The lowest BCUT2D eigenvalue weighted by Crippen LogP contribution is -1.96. The van der Waals surface area contributed by atoms with Gasteiger partial charge in [0.25, 0.3) is 0 Å². The van der Waals surface area contributed by atoms with Gasteiger partial charge in [-0.2, -0.15) is 0 Å². The van der Waals surface area contributed by atoms with E-state index in [0.29, 0.717) is 0 Å². The van der Waals surface area contributed by atoms with Crippen LogP contribution in [0.2, 0.25) is 0 Å². The molecule has 0 radical (unpaired) electrons. The molecule has 0 aliphatic heterocycles. The Kier molecular flexibility index (Phi) is 5.32. The molecule has 0 aromatic carbocycles. The highest BCUT2D eigenvalue weighted by molar-refractivity contribution is 4.98. The molecule has 0 heterocycles. The summed E-state index contributed by atoms with van der Waals surface area (Å²) in [5.74, 6) is 0.772. The van der Waals surface area contributed by atoms with E-state index < -0.39 is 0 Å². The van der Waals surface area contributed by atoms with Crippen LogP contribution < -0.4 is 5.73 Å². The fourth-order valence-corrected chi connectivity index (χ4v) is 1.06. The van der Waals surface area contributed by atoms with Crippen molar-refractivity contribution in [3.8, 4) is 0 Å². The van der Waals surface area contributed by atoms with Gasteiger partial charge in [-0.1, -0.05) is 25.5 Å². The molecule has 60 valence electrons. The highest BCUT2D eigenvalue weighted by atomic mass is 14.5. The summed E-state index contributed by atoms with van der Waals surface area (Å²) in [5.41, 5.74) is 6.84. The van der Waals surface area contributed by atoms with Crippen LogP contribution in [0.3, 0.4) is 0 Å². The molecule has 1 heteroatoms. The quantitative estimate of drug-likeness (QED) is 0.597. The number of hydrogen-bond donors (Lipinski definition) is 1. The molecule has 0 rings (SSSR count). The Morgan fingerprint density at radius 2 is 2.10 bits per heavy atom. The predicted octanol–water partition coefficient (Wildman–Crippen LogP) is 2.33. The topological polar surface area (TPSA) is 26.0 Å². The van der Waals surface area contributed by atoms with Gasteiger partial charge in [0.1, 0.15) is 0 Å². The van der Waals surface area contributed by atoms with E-state index in [2.05, 4.69) is 26.8 Å². The first-order valence-electron chi connectivity index (χ1n) is 4.02. The zero-order valence-corrected chi connectivity index (χ0v) is 7.35. The normalized spacial score (nSPS) is 12.7. The highest BCUT2D eigenvalue weighted by Crippen LogP contribution is 2.09. The molecular weight excluding hydrogens is 122 g/mol. The standard InChI is InChI=1S/C9H19N/c1-8(2)7-9(3)5-4-6-10/h5,8H,4,6-7,10H2,1-3H3. The molecule has 0 aromatic heterocycles. The van der Waals surface area contributed by atoms with Crippen molar-refractivity contribution in [2.45, 2.75) is 33.6 Å². The van der Waals surface area contributed by atoms with Crippen LogP contribution in [0.4, 0.5) is 0 Å². The molecule has 2 N–H and O–H groups in total. The van der Waals surface area contributed by atoms with E-state index in [1.54, 1.807) is 0 Å². The van der Waals surface area contributed by atoms with Crippen molar-refractivity contribution < 1.29 is 0 Å². The Hall–Kier alpha value is -0.300. The Morgan fingerprint density at radius 3 is 2.50 bits per heavy atom. The zero-order valence-electron chi connectivity index (χ0n) is 7.35. The maximum Gasteiger partial charge on any atom is -0.00425 e. The number of nitrogens with two attached hydrogens (primary N) is 1. The molecule has 0 aromatic rings. The van der Waals surface area contributed by atoms with Gasteiger partial charge in [-0.05, 0) is 32.2 Å². The second-order valence-electron chi connectivity index (χ2n) is 3.23. The van der Waals surface area contributed by atoms with Crippen LogP contribution in [0.5, 0.6) is 0 Å². The van der Waals surface area contributed by atoms with E-state index >= 15 is 0 Å². The van der Waals surface area contributed by atoms with E-state index in [0.717, 1.165) is 18.9 Å². The lowest BCUT2D eigenvalue weighted by Gasteiger charge is -2.03. The van der Waals surface area contributed by atoms with Crippen molar-refractivity contribution in [2.75, 3.05) is 6.54 Å². The maximum absolute atomic E-state index is 5.36. The lowest BCUT2D eigenvalue weighted by atomic mass is 10.0. The van der Waals surface area contributed by atoms with E-state index in [9.17, 15) is 0 Å². The fraction of sp³-hybridized carbons (Fsp3) is 0.778. The van der Waals surface area contributed by atoms with Gasteiger partial charge in [0, 0.05) is 0 Å². The molecule has 0 saturated heterocycles. The molecule has 0 aliphatic carbocycles.